The van der Waals surface area contributed by atoms with Gasteiger partial charge in [-0.3, -0.25) is 9.69 Å². The van der Waals surface area contributed by atoms with Crippen molar-refractivity contribution >= 4 is 17.5 Å². The molecular formula is C28H31ClN2O3. The van der Waals surface area contributed by atoms with Gasteiger partial charge in [-0.1, -0.05) is 66.2 Å². The molecule has 0 aliphatic carbocycles. The molecule has 0 bridgehead atoms. The lowest BCUT2D eigenvalue weighted by atomic mass is 10.1. The molecule has 1 aliphatic rings. The van der Waals surface area contributed by atoms with Gasteiger partial charge in [-0.2, -0.15) is 0 Å². The van der Waals surface area contributed by atoms with Crippen molar-refractivity contribution in [3.63, 3.8) is 0 Å². The second-order valence-corrected chi connectivity index (χ2v) is 8.84. The van der Waals surface area contributed by atoms with Gasteiger partial charge in [0.2, 0.25) is 5.91 Å². The van der Waals surface area contributed by atoms with Gasteiger partial charge in [0, 0.05) is 36.8 Å². The van der Waals surface area contributed by atoms with Crippen LogP contribution in [0, 0.1) is 0 Å². The predicted molar refractivity (Wildman–Crippen MR) is 135 cm³/mol. The molecule has 0 unspecified atom stereocenters. The number of ether oxygens (including phenoxy) is 2. The number of halogens is 1. The van der Waals surface area contributed by atoms with E-state index in [0.717, 1.165) is 67.7 Å². The summed E-state index contributed by atoms with van der Waals surface area (Å²) in [5.74, 6) is 1.56. The van der Waals surface area contributed by atoms with Crippen LogP contribution in [0.4, 0.5) is 0 Å². The molecule has 5 nitrogen and oxygen atoms in total. The number of hydrogen-bond donors (Lipinski definition) is 0. The van der Waals surface area contributed by atoms with Crippen LogP contribution in [0.5, 0.6) is 11.5 Å². The van der Waals surface area contributed by atoms with Gasteiger partial charge in [0.25, 0.3) is 0 Å². The number of piperazine rings is 1. The summed E-state index contributed by atoms with van der Waals surface area (Å²) >= 11 is 6.25. The van der Waals surface area contributed by atoms with E-state index in [2.05, 4.69) is 11.0 Å². The van der Waals surface area contributed by atoms with E-state index in [1.54, 1.807) is 0 Å². The fourth-order valence-corrected chi connectivity index (χ4v) is 4.32. The highest BCUT2D eigenvalue weighted by Gasteiger charge is 2.21. The zero-order chi connectivity index (χ0) is 23.6. The van der Waals surface area contributed by atoms with Gasteiger partial charge >= 0.3 is 0 Å². The second kappa shape index (κ2) is 12.6. The Bertz CT molecular complexity index is 1050. The molecule has 178 valence electrons. The molecule has 6 heteroatoms. The Morgan fingerprint density at radius 2 is 1.50 bits per heavy atom. The molecule has 1 amide bonds. The van der Waals surface area contributed by atoms with Crippen molar-refractivity contribution in [1.82, 2.24) is 9.80 Å². The maximum atomic E-state index is 12.6. The molecule has 0 N–H and O–H groups in total. The maximum absolute atomic E-state index is 12.6. The Kier molecular flexibility index (Phi) is 8.97. The van der Waals surface area contributed by atoms with Crippen LogP contribution in [0.15, 0.2) is 78.9 Å². The van der Waals surface area contributed by atoms with E-state index in [4.69, 9.17) is 21.1 Å². The molecule has 0 aromatic heterocycles. The van der Waals surface area contributed by atoms with E-state index in [1.807, 2.05) is 77.7 Å². The second-order valence-electron chi connectivity index (χ2n) is 8.43. The monoisotopic (exact) mass is 478 g/mol. The van der Waals surface area contributed by atoms with Gasteiger partial charge in [0.15, 0.2) is 0 Å². The first-order valence-electron chi connectivity index (χ1n) is 11.8. The molecule has 0 atom stereocenters. The predicted octanol–water partition coefficient (Wildman–Crippen LogP) is 5.43. The molecule has 1 aliphatic heterocycles. The minimum atomic E-state index is 0.0391. The van der Waals surface area contributed by atoms with Crippen LogP contribution in [-0.2, 0) is 22.6 Å². The Balaban J connectivity index is 1.16. The molecule has 0 saturated carbocycles. The standard InChI is InChI=1S/C28H31ClN2O3/c29-26-14-6-4-9-23(26)11-8-16-30-17-19-31(20-18-30)28(32)22-33-21-24-10-5-7-15-27(24)34-25-12-2-1-3-13-25/h1-7,9-10,12-15H,8,11,16-22H2. The first kappa shape index (κ1) is 24.3. The average Bonchev–Trinajstić information content (AvgIpc) is 2.87. The molecular weight excluding hydrogens is 448 g/mol. The lowest BCUT2D eigenvalue weighted by Gasteiger charge is -2.34. The Hall–Kier alpha value is -2.86. The first-order chi connectivity index (χ1) is 16.7. The van der Waals surface area contributed by atoms with Crippen LogP contribution >= 0.6 is 11.6 Å². The van der Waals surface area contributed by atoms with E-state index in [9.17, 15) is 4.79 Å². The number of para-hydroxylation sites is 2. The maximum Gasteiger partial charge on any atom is 0.248 e. The van der Waals surface area contributed by atoms with Crippen LogP contribution in [-0.4, -0.2) is 55.0 Å². The van der Waals surface area contributed by atoms with Crippen LogP contribution in [0.3, 0.4) is 0 Å². The smallest absolute Gasteiger partial charge is 0.248 e. The van der Waals surface area contributed by atoms with Crippen LogP contribution < -0.4 is 4.74 Å². The van der Waals surface area contributed by atoms with E-state index < -0.39 is 0 Å². The van der Waals surface area contributed by atoms with Crippen LogP contribution in [0.2, 0.25) is 5.02 Å². The van der Waals surface area contributed by atoms with Gasteiger partial charge < -0.3 is 14.4 Å². The molecule has 0 spiro atoms. The molecule has 4 rings (SSSR count). The summed E-state index contributed by atoms with van der Waals surface area (Å²) in [5, 5.41) is 0.840. The van der Waals surface area contributed by atoms with E-state index >= 15 is 0 Å². The zero-order valence-corrected chi connectivity index (χ0v) is 20.1. The summed E-state index contributed by atoms with van der Waals surface area (Å²) in [6.07, 6.45) is 2.04. The number of nitrogens with zero attached hydrogens (tertiary/aromatic N) is 2. The van der Waals surface area contributed by atoms with Crippen molar-refractivity contribution in [1.29, 1.82) is 0 Å². The average molecular weight is 479 g/mol. The lowest BCUT2D eigenvalue weighted by molar-refractivity contribution is -0.138. The van der Waals surface area contributed by atoms with Crippen molar-refractivity contribution in [2.75, 3.05) is 39.3 Å². The third-order valence-electron chi connectivity index (χ3n) is 6.03. The molecule has 34 heavy (non-hydrogen) atoms. The van der Waals surface area contributed by atoms with Crippen molar-refractivity contribution in [3.8, 4) is 11.5 Å². The van der Waals surface area contributed by atoms with Crippen molar-refractivity contribution in [2.45, 2.75) is 19.4 Å². The third kappa shape index (κ3) is 7.07. The third-order valence-corrected chi connectivity index (χ3v) is 6.40. The molecule has 1 heterocycles. The molecule has 1 fully saturated rings. The fraction of sp³-hybridized carbons (Fsp3) is 0.321. The van der Waals surface area contributed by atoms with Gasteiger partial charge in [-0.05, 0) is 49.2 Å². The number of carbonyl (C=O) groups is 1. The minimum Gasteiger partial charge on any atom is -0.457 e. The lowest BCUT2D eigenvalue weighted by Crippen LogP contribution is -2.49. The number of rotatable bonds is 10. The Labute approximate surface area is 206 Å². The summed E-state index contributed by atoms with van der Waals surface area (Å²) in [6.45, 7) is 4.68. The highest BCUT2D eigenvalue weighted by atomic mass is 35.5. The van der Waals surface area contributed by atoms with Gasteiger partial charge in [-0.15, -0.1) is 0 Å². The molecule has 3 aromatic rings. The molecule has 0 radical (unpaired) electrons. The fourth-order valence-electron chi connectivity index (χ4n) is 4.09. The summed E-state index contributed by atoms with van der Waals surface area (Å²) in [7, 11) is 0. The minimum absolute atomic E-state index is 0.0391. The van der Waals surface area contributed by atoms with E-state index in [-0.39, 0.29) is 12.5 Å². The quantitative estimate of drug-likeness (QED) is 0.390. The van der Waals surface area contributed by atoms with E-state index in [0.29, 0.717) is 6.61 Å². The number of carbonyl (C=O) groups excluding carboxylic acids is 1. The van der Waals surface area contributed by atoms with Gasteiger partial charge in [0.1, 0.15) is 18.1 Å². The van der Waals surface area contributed by atoms with Crippen LogP contribution in [0.1, 0.15) is 17.5 Å². The van der Waals surface area contributed by atoms with Crippen molar-refractivity contribution in [2.24, 2.45) is 0 Å². The summed E-state index contributed by atoms with van der Waals surface area (Å²) in [5.41, 5.74) is 2.12. The summed E-state index contributed by atoms with van der Waals surface area (Å²) in [4.78, 5) is 17.0. The van der Waals surface area contributed by atoms with Crippen molar-refractivity contribution in [3.05, 3.63) is 95.0 Å². The summed E-state index contributed by atoms with van der Waals surface area (Å²) in [6, 6.07) is 25.4. The van der Waals surface area contributed by atoms with Gasteiger partial charge in [-0.25, -0.2) is 0 Å². The highest BCUT2D eigenvalue weighted by Crippen LogP contribution is 2.25. The summed E-state index contributed by atoms with van der Waals surface area (Å²) < 4.78 is 11.7. The largest absolute Gasteiger partial charge is 0.457 e. The number of amides is 1. The number of hydrogen-bond acceptors (Lipinski definition) is 4. The SMILES string of the molecule is O=C(COCc1ccccc1Oc1ccccc1)N1CCN(CCCc2ccccc2Cl)CC1. The van der Waals surface area contributed by atoms with Crippen LogP contribution in [0.25, 0.3) is 0 Å². The normalized spacial score (nSPS) is 14.2. The Morgan fingerprint density at radius 1 is 0.824 bits per heavy atom. The number of aryl methyl sites for hydroxylation is 1. The zero-order valence-electron chi connectivity index (χ0n) is 19.4. The molecule has 1 saturated heterocycles. The first-order valence-corrected chi connectivity index (χ1v) is 12.2. The van der Waals surface area contributed by atoms with E-state index in [1.165, 1.54) is 5.56 Å². The Morgan fingerprint density at radius 3 is 2.26 bits per heavy atom. The van der Waals surface area contributed by atoms with Gasteiger partial charge in [0.05, 0.1) is 6.61 Å². The number of benzene rings is 3. The highest BCUT2D eigenvalue weighted by molar-refractivity contribution is 6.31. The molecule has 3 aromatic carbocycles. The van der Waals surface area contributed by atoms with Crippen molar-refractivity contribution < 1.29 is 14.3 Å². The topological polar surface area (TPSA) is 42.0 Å².